The summed E-state index contributed by atoms with van der Waals surface area (Å²) in [7, 11) is 0. The lowest BCUT2D eigenvalue weighted by atomic mass is 9.80. The fourth-order valence-electron chi connectivity index (χ4n) is 6.60. The predicted molar refractivity (Wildman–Crippen MR) is 176 cm³/mol. The van der Waals surface area contributed by atoms with E-state index in [0.717, 1.165) is 56.9 Å². The standard InChI is InChI=1S/C34H48ClN6O6/c1-34(2,33(37)47)29(39-27(42)18-22-7-4-3-5-8-22)32(46)41-16-15-40(19-23-11-13-24(35)14-12-23)26(20-41)31(45)38-25(28(43)30(36)44)17-21-9-6-10-21/h11-14,18,21-22,25-26,29H,3-10,15-17,19-20H2,1-2H3,(H2,36,44)(H2,37,47)(H,38,45)(H,39,42)/t25-,26+,29+/m0/s1. The number of piperazine rings is 1. The van der Waals surface area contributed by atoms with Gasteiger partial charge in [-0.3, -0.25) is 33.7 Å². The third-order valence-electron chi connectivity index (χ3n) is 10.0. The highest BCUT2D eigenvalue weighted by molar-refractivity contribution is 6.37. The van der Waals surface area contributed by atoms with Gasteiger partial charge in [-0.2, -0.15) is 0 Å². The van der Waals surface area contributed by atoms with Crippen LogP contribution in [-0.2, 0) is 35.3 Å². The van der Waals surface area contributed by atoms with E-state index >= 15 is 0 Å². The van der Waals surface area contributed by atoms with Gasteiger partial charge in [0, 0.05) is 31.2 Å². The number of nitrogens with zero attached hydrogens (tertiary/aromatic N) is 2. The Morgan fingerprint density at radius 2 is 1.60 bits per heavy atom. The first kappa shape index (κ1) is 36.3. The zero-order chi connectivity index (χ0) is 34.3. The van der Waals surface area contributed by atoms with Crippen LogP contribution in [0.2, 0.25) is 5.02 Å². The quantitative estimate of drug-likeness (QED) is 0.218. The average molecular weight is 672 g/mol. The summed E-state index contributed by atoms with van der Waals surface area (Å²) >= 11 is 6.08. The van der Waals surface area contributed by atoms with E-state index in [-0.39, 0.29) is 31.5 Å². The van der Waals surface area contributed by atoms with Gasteiger partial charge >= 0.3 is 0 Å². The number of nitrogens with one attached hydrogen (secondary N) is 2. The van der Waals surface area contributed by atoms with Crippen LogP contribution in [0.4, 0.5) is 0 Å². The molecule has 1 heterocycles. The maximum absolute atomic E-state index is 14.2. The van der Waals surface area contributed by atoms with Crippen LogP contribution in [0.3, 0.4) is 0 Å². The number of rotatable bonds is 14. The molecule has 0 bridgehead atoms. The lowest BCUT2D eigenvalue weighted by Crippen LogP contribution is -2.65. The Hall–Kier alpha value is -3.51. The Labute approximate surface area is 281 Å². The summed E-state index contributed by atoms with van der Waals surface area (Å²) in [5.74, 6) is -3.96. The first-order chi connectivity index (χ1) is 22.3. The number of benzene rings is 1. The Kier molecular flexibility index (Phi) is 12.4. The van der Waals surface area contributed by atoms with Gasteiger partial charge in [0.2, 0.25) is 29.4 Å². The van der Waals surface area contributed by atoms with Crippen LogP contribution >= 0.6 is 11.6 Å². The van der Waals surface area contributed by atoms with Crippen molar-refractivity contribution in [1.82, 2.24) is 20.4 Å². The van der Waals surface area contributed by atoms with Gasteiger partial charge in [-0.1, -0.05) is 62.3 Å². The molecule has 0 aromatic heterocycles. The van der Waals surface area contributed by atoms with Crippen molar-refractivity contribution in [3.05, 3.63) is 41.3 Å². The largest absolute Gasteiger partial charge is 0.369 e. The highest BCUT2D eigenvalue weighted by Gasteiger charge is 2.46. The SMILES string of the molecule is CC(C)(C(N)=O)[C@H](NC(=O)[CH]C1CCCCC1)C(=O)N1CCN(Cc2ccc(Cl)cc2)[C@@H](C(=O)N[C@@H](CC2CCC2)C(=O)C(N)=O)C1. The van der Waals surface area contributed by atoms with Crippen molar-refractivity contribution in [3.8, 4) is 0 Å². The molecule has 1 aromatic rings. The molecule has 1 aromatic carbocycles. The van der Waals surface area contributed by atoms with Crippen LogP contribution in [0.15, 0.2) is 24.3 Å². The molecule has 4 rings (SSSR count). The van der Waals surface area contributed by atoms with Gasteiger partial charge in [0.05, 0.1) is 17.9 Å². The van der Waals surface area contributed by atoms with Gasteiger partial charge in [0.15, 0.2) is 0 Å². The van der Waals surface area contributed by atoms with Gasteiger partial charge in [-0.15, -0.1) is 0 Å². The highest BCUT2D eigenvalue weighted by atomic mass is 35.5. The summed E-state index contributed by atoms with van der Waals surface area (Å²) < 4.78 is 0. The van der Waals surface area contributed by atoms with Crippen LogP contribution in [-0.4, -0.2) is 82.9 Å². The molecule has 47 heavy (non-hydrogen) atoms. The van der Waals surface area contributed by atoms with Gasteiger partial charge in [-0.25, -0.2) is 0 Å². The number of ketones is 1. The van der Waals surface area contributed by atoms with E-state index in [1.165, 1.54) is 18.7 Å². The molecule has 6 N–H and O–H groups in total. The molecule has 0 spiro atoms. The molecule has 1 radical (unpaired) electrons. The Bertz CT molecular complexity index is 1330. The first-order valence-electron chi connectivity index (χ1n) is 16.6. The van der Waals surface area contributed by atoms with E-state index in [1.807, 2.05) is 17.0 Å². The van der Waals surface area contributed by atoms with Crippen LogP contribution < -0.4 is 22.1 Å². The summed E-state index contributed by atoms with van der Waals surface area (Å²) in [6.07, 6.45) is 9.66. The Morgan fingerprint density at radius 3 is 2.17 bits per heavy atom. The number of halogens is 1. The molecule has 2 saturated carbocycles. The van der Waals surface area contributed by atoms with Crippen molar-refractivity contribution < 1.29 is 28.8 Å². The van der Waals surface area contributed by atoms with E-state index in [0.29, 0.717) is 18.0 Å². The highest BCUT2D eigenvalue weighted by Crippen LogP contribution is 2.31. The van der Waals surface area contributed by atoms with Crippen molar-refractivity contribution in [1.29, 1.82) is 0 Å². The summed E-state index contributed by atoms with van der Waals surface area (Å²) in [5, 5.41) is 6.10. The summed E-state index contributed by atoms with van der Waals surface area (Å²) in [6.45, 7) is 3.76. The molecule has 3 aliphatic rings. The number of carbonyl (C=O) groups is 6. The zero-order valence-electron chi connectivity index (χ0n) is 27.3. The molecule has 0 unspecified atom stereocenters. The van der Waals surface area contributed by atoms with E-state index in [2.05, 4.69) is 10.6 Å². The number of Topliss-reactive ketones (excluding diaryl/α,β-unsaturated/α-hetero) is 1. The van der Waals surface area contributed by atoms with Gasteiger partial charge < -0.3 is 27.0 Å². The van der Waals surface area contributed by atoms with Crippen LogP contribution in [0.1, 0.15) is 77.2 Å². The summed E-state index contributed by atoms with van der Waals surface area (Å²) in [5.41, 5.74) is 10.5. The van der Waals surface area contributed by atoms with Crippen LogP contribution in [0.25, 0.3) is 0 Å². The minimum atomic E-state index is -1.44. The van der Waals surface area contributed by atoms with E-state index in [9.17, 15) is 28.8 Å². The molecule has 3 atom stereocenters. The molecule has 13 heteroatoms. The maximum Gasteiger partial charge on any atom is 0.287 e. The zero-order valence-corrected chi connectivity index (χ0v) is 28.1. The second kappa shape index (κ2) is 16.1. The Morgan fingerprint density at radius 1 is 0.936 bits per heavy atom. The number of hydrogen-bond donors (Lipinski definition) is 4. The molecular weight excluding hydrogens is 624 g/mol. The number of carbonyl (C=O) groups excluding carboxylic acids is 6. The molecule has 3 fully saturated rings. The number of hydrogen-bond acceptors (Lipinski definition) is 7. The molecular formula is C34H48ClN6O6. The molecule has 5 amide bonds. The predicted octanol–water partition coefficient (Wildman–Crippen LogP) is 1.86. The van der Waals surface area contributed by atoms with Crippen molar-refractivity contribution in [2.45, 2.75) is 96.3 Å². The molecule has 12 nitrogen and oxygen atoms in total. The number of nitrogens with two attached hydrogens (primary N) is 2. The molecule has 1 saturated heterocycles. The Balaban J connectivity index is 1.56. The minimum absolute atomic E-state index is 0.0906. The maximum atomic E-state index is 14.2. The second-order valence-corrected chi connectivity index (χ2v) is 14.2. The summed E-state index contributed by atoms with van der Waals surface area (Å²) in [4.78, 5) is 81.8. The van der Waals surface area contributed by atoms with Crippen LogP contribution in [0.5, 0.6) is 0 Å². The van der Waals surface area contributed by atoms with Gasteiger partial charge in [0.1, 0.15) is 12.1 Å². The smallest absolute Gasteiger partial charge is 0.287 e. The van der Waals surface area contributed by atoms with Gasteiger partial charge in [-0.05, 0) is 62.6 Å². The fourth-order valence-corrected chi connectivity index (χ4v) is 6.72. The van der Waals surface area contributed by atoms with E-state index in [1.54, 1.807) is 18.6 Å². The molecule has 1 aliphatic heterocycles. The van der Waals surface area contributed by atoms with E-state index < -0.39 is 58.9 Å². The van der Waals surface area contributed by atoms with Crippen LogP contribution in [0, 0.1) is 23.7 Å². The lowest BCUT2D eigenvalue weighted by Gasteiger charge is -2.43. The monoisotopic (exact) mass is 671 g/mol. The third-order valence-corrected chi connectivity index (χ3v) is 10.3. The number of amides is 5. The van der Waals surface area contributed by atoms with Crippen molar-refractivity contribution >= 4 is 46.9 Å². The van der Waals surface area contributed by atoms with E-state index in [4.69, 9.17) is 23.1 Å². The normalized spacial score (nSPS) is 20.8. The third kappa shape index (κ3) is 9.53. The second-order valence-electron chi connectivity index (χ2n) is 13.8. The average Bonchev–Trinajstić information content (AvgIpc) is 3.01. The van der Waals surface area contributed by atoms with Gasteiger partial charge in [0.25, 0.3) is 5.91 Å². The topological polar surface area (TPSA) is 185 Å². The minimum Gasteiger partial charge on any atom is -0.369 e. The molecule has 2 aliphatic carbocycles. The fraction of sp³-hybridized carbons (Fsp3) is 0.618. The molecule has 257 valence electrons. The van der Waals surface area contributed by atoms with Crippen molar-refractivity contribution in [2.24, 2.45) is 28.7 Å². The van der Waals surface area contributed by atoms with Crippen molar-refractivity contribution in [3.63, 3.8) is 0 Å². The first-order valence-corrected chi connectivity index (χ1v) is 17.0. The van der Waals surface area contributed by atoms with Crippen molar-refractivity contribution in [2.75, 3.05) is 19.6 Å². The lowest BCUT2D eigenvalue weighted by molar-refractivity contribution is -0.148. The summed E-state index contributed by atoms with van der Waals surface area (Å²) in [6, 6.07) is 3.90. The number of primary amides is 2.